The molecule has 22 heavy (non-hydrogen) atoms. The first kappa shape index (κ1) is 13.8. The summed E-state index contributed by atoms with van der Waals surface area (Å²) in [5, 5.41) is 7.32. The molecule has 0 unspecified atom stereocenters. The standard InChI is InChI=1S/C20H24N2/c1-2-5-15(6-3-1)9-10-16-7-4-8-19-20(16)17-11-13-21-14-12-18(17)22-19/h1-8,17-18,21-22H,9-14H2/t17-,18-/m0/s1. The van der Waals surface area contributed by atoms with Gasteiger partial charge < -0.3 is 10.6 Å². The molecule has 1 saturated heterocycles. The molecule has 2 aliphatic heterocycles. The van der Waals surface area contributed by atoms with E-state index in [9.17, 15) is 0 Å². The van der Waals surface area contributed by atoms with Crippen LogP contribution in [0.5, 0.6) is 0 Å². The van der Waals surface area contributed by atoms with E-state index in [0.717, 1.165) is 25.9 Å². The fraction of sp³-hybridized carbons (Fsp3) is 0.400. The molecule has 0 bridgehead atoms. The van der Waals surface area contributed by atoms with E-state index in [1.807, 2.05) is 0 Å². The van der Waals surface area contributed by atoms with E-state index in [2.05, 4.69) is 59.2 Å². The Bertz CT molecular complexity index is 635. The van der Waals surface area contributed by atoms with Crippen LogP contribution >= 0.6 is 0 Å². The van der Waals surface area contributed by atoms with E-state index in [1.54, 1.807) is 11.1 Å². The van der Waals surface area contributed by atoms with Crippen LogP contribution in [0.1, 0.15) is 35.4 Å². The molecule has 2 aromatic rings. The Labute approximate surface area is 132 Å². The Morgan fingerprint density at radius 3 is 2.64 bits per heavy atom. The smallest absolute Gasteiger partial charge is 0.0381 e. The summed E-state index contributed by atoms with van der Waals surface area (Å²) < 4.78 is 0. The molecule has 2 heterocycles. The molecular formula is C20H24N2. The van der Waals surface area contributed by atoms with Crippen LogP contribution in [0.25, 0.3) is 0 Å². The maximum absolute atomic E-state index is 3.77. The van der Waals surface area contributed by atoms with Crippen LogP contribution in [-0.4, -0.2) is 19.1 Å². The van der Waals surface area contributed by atoms with Crippen molar-refractivity contribution in [3.63, 3.8) is 0 Å². The summed E-state index contributed by atoms with van der Waals surface area (Å²) in [5.41, 5.74) is 5.97. The molecule has 2 nitrogen and oxygen atoms in total. The number of fused-ring (bicyclic) bond motifs is 3. The van der Waals surface area contributed by atoms with Crippen LogP contribution in [0.2, 0.25) is 0 Å². The Morgan fingerprint density at radius 2 is 1.73 bits per heavy atom. The van der Waals surface area contributed by atoms with E-state index in [4.69, 9.17) is 0 Å². The zero-order valence-corrected chi connectivity index (χ0v) is 13.0. The molecule has 0 amide bonds. The van der Waals surface area contributed by atoms with Crippen LogP contribution in [0, 0.1) is 0 Å². The van der Waals surface area contributed by atoms with Crippen molar-refractivity contribution >= 4 is 5.69 Å². The van der Waals surface area contributed by atoms with Gasteiger partial charge in [0.2, 0.25) is 0 Å². The lowest BCUT2D eigenvalue weighted by molar-refractivity contribution is 0.574. The molecule has 0 saturated carbocycles. The summed E-state index contributed by atoms with van der Waals surface area (Å²) in [5.74, 6) is 0.692. The number of hydrogen-bond donors (Lipinski definition) is 2. The SMILES string of the molecule is c1ccc(CCc2cccc3c2[C@H]2CCNCC[C@@H]2N3)cc1. The number of hydrogen-bond acceptors (Lipinski definition) is 2. The Kier molecular flexibility index (Phi) is 3.86. The van der Waals surface area contributed by atoms with Crippen molar-refractivity contribution in [3.05, 3.63) is 65.2 Å². The summed E-state index contributed by atoms with van der Waals surface area (Å²) >= 11 is 0. The lowest BCUT2D eigenvalue weighted by atomic mass is 9.86. The maximum atomic E-state index is 3.77. The van der Waals surface area contributed by atoms with E-state index >= 15 is 0 Å². The highest BCUT2D eigenvalue weighted by molar-refractivity contribution is 5.62. The van der Waals surface area contributed by atoms with Gasteiger partial charge in [0.25, 0.3) is 0 Å². The number of aryl methyl sites for hydroxylation is 2. The summed E-state index contributed by atoms with van der Waals surface area (Å²) in [4.78, 5) is 0. The van der Waals surface area contributed by atoms with Gasteiger partial charge in [0, 0.05) is 17.6 Å². The van der Waals surface area contributed by atoms with E-state index in [0.29, 0.717) is 12.0 Å². The lowest BCUT2D eigenvalue weighted by Gasteiger charge is -2.18. The third kappa shape index (κ3) is 2.64. The number of rotatable bonds is 3. The van der Waals surface area contributed by atoms with Gasteiger partial charge in [0.05, 0.1) is 0 Å². The topological polar surface area (TPSA) is 24.1 Å². The van der Waals surface area contributed by atoms with Crippen molar-refractivity contribution in [1.82, 2.24) is 5.32 Å². The molecule has 0 aromatic heterocycles. The first-order chi connectivity index (χ1) is 10.9. The molecule has 0 aliphatic carbocycles. The van der Waals surface area contributed by atoms with Crippen molar-refractivity contribution in [3.8, 4) is 0 Å². The van der Waals surface area contributed by atoms with Gasteiger partial charge in [0.15, 0.2) is 0 Å². The summed E-state index contributed by atoms with van der Waals surface area (Å²) in [7, 11) is 0. The molecule has 0 spiro atoms. The van der Waals surface area contributed by atoms with Crippen LogP contribution in [-0.2, 0) is 12.8 Å². The van der Waals surface area contributed by atoms with Gasteiger partial charge in [-0.25, -0.2) is 0 Å². The minimum absolute atomic E-state index is 0.628. The predicted octanol–water partition coefficient (Wildman–Crippen LogP) is 3.73. The molecule has 2 aromatic carbocycles. The fourth-order valence-electron chi connectivity index (χ4n) is 4.08. The van der Waals surface area contributed by atoms with Gasteiger partial charge in [-0.05, 0) is 61.5 Å². The average molecular weight is 292 g/mol. The molecular weight excluding hydrogens is 268 g/mol. The van der Waals surface area contributed by atoms with Crippen LogP contribution in [0.3, 0.4) is 0 Å². The predicted molar refractivity (Wildman–Crippen MR) is 92.5 cm³/mol. The maximum Gasteiger partial charge on any atom is 0.0381 e. The third-order valence-electron chi connectivity index (χ3n) is 5.18. The van der Waals surface area contributed by atoms with Crippen LogP contribution in [0.15, 0.2) is 48.5 Å². The van der Waals surface area contributed by atoms with Gasteiger partial charge >= 0.3 is 0 Å². The van der Waals surface area contributed by atoms with Gasteiger partial charge in [-0.15, -0.1) is 0 Å². The number of benzene rings is 2. The second kappa shape index (κ2) is 6.13. The second-order valence-electron chi connectivity index (χ2n) is 6.55. The van der Waals surface area contributed by atoms with Crippen molar-refractivity contribution in [2.75, 3.05) is 18.4 Å². The van der Waals surface area contributed by atoms with Gasteiger partial charge in [-0.3, -0.25) is 0 Å². The largest absolute Gasteiger partial charge is 0.381 e. The molecule has 2 aliphatic rings. The highest BCUT2D eigenvalue weighted by Gasteiger charge is 2.34. The Balaban J connectivity index is 1.58. The molecule has 114 valence electrons. The molecule has 2 N–H and O–H groups in total. The fourth-order valence-corrected chi connectivity index (χ4v) is 4.08. The number of nitrogens with one attached hydrogen (secondary N) is 2. The number of anilines is 1. The second-order valence-corrected chi connectivity index (χ2v) is 6.55. The Morgan fingerprint density at radius 1 is 0.864 bits per heavy atom. The molecule has 0 radical (unpaired) electrons. The molecule has 4 rings (SSSR count). The molecule has 2 atom stereocenters. The van der Waals surface area contributed by atoms with Gasteiger partial charge in [-0.2, -0.15) is 0 Å². The van der Waals surface area contributed by atoms with Crippen molar-refractivity contribution in [1.29, 1.82) is 0 Å². The first-order valence-corrected chi connectivity index (χ1v) is 8.55. The lowest BCUT2D eigenvalue weighted by Crippen LogP contribution is -2.21. The zero-order valence-electron chi connectivity index (χ0n) is 13.0. The van der Waals surface area contributed by atoms with E-state index in [-0.39, 0.29) is 0 Å². The van der Waals surface area contributed by atoms with E-state index in [1.165, 1.54) is 24.1 Å². The van der Waals surface area contributed by atoms with Crippen molar-refractivity contribution < 1.29 is 0 Å². The van der Waals surface area contributed by atoms with Gasteiger partial charge in [0.1, 0.15) is 0 Å². The minimum Gasteiger partial charge on any atom is -0.381 e. The summed E-state index contributed by atoms with van der Waals surface area (Å²) in [6, 6.07) is 18.3. The van der Waals surface area contributed by atoms with E-state index < -0.39 is 0 Å². The first-order valence-electron chi connectivity index (χ1n) is 8.55. The van der Waals surface area contributed by atoms with Gasteiger partial charge in [-0.1, -0.05) is 42.5 Å². The highest BCUT2D eigenvalue weighted by Crippen LogP contribution is 2.42. The molecule has 1 fully saturated rings. The Hall–Kier alpha value is -1.80. The quantitative estimate of drug-likeness (QED) is 0.900. The van der Waals surface area contributed by atoms with Crippen LogP contribution in [0.4, 0.5) is 5.69 Å². The summed E-state index contributed by atoms with van der Waals surface area (Å²) in [6.45, 7) is 2.29. The summed E-state index contributed by atoms with van der Waals surface area (Å²) in [6.07, 6.45) is 4.77. The third-order valence-corrected chi connectivity index (χ3v) is 5.18. The average Bonchev–Trinajstić information content (AvgIpc) is 2.76. The monoisotopic (exact) mass is 292 g/mol. The normalized spacial score (nSPS) is 23.3. The van der Waals surface area contributed by atoms with Crippen LogP contribution < -0.4 is 10.6 Å². The molecule has 2 heteroatoms. The highest BCUT2D eigenvalue weighted by atomic mass is 15.0. The van der Waals surface area contributed by atoms with Crippen molar-refractivity contribution in [2.24, 2.45) is 0 Å². The minimum atomic E-state index is 0.628. The van der Waals surface area contributed by atoms with Crippen molar-refractivity contribution in [2.45, 2.75) is 37.6 Å². The zero-order chi connectivity index (χ0) is 14.8.